The van der Waals surface area contributed by atoms with Crippen molar-refractivity contribution < 1.29 is 0 Å². The molecule has 2 rings (SSSR count). The Bertz CT molecular complexity index is 445. The van der Waals surface area contributed by atoms with E-state index in [1.165, 1.54) is 11.1 Å². The normalized spacial score (nSPS) is 13.4. The maximum atomic E-state index is 5.68. The predicted octanol–water partition coefficient (Wildman–Crippen LogP) is 1.64. The summed E-state index contributed by atoms with van der Waals surface area (Å²) in [4.78, 5) is 0. The highest BCUT2D eigenvalue weighted by atomic mass is 15.3. The molecule has 1 unspecified atom stereocenters. The molecule has 0 saturated carbocycles. The first-order chi connectivity index (χ1) is 6.74. The van der Waals surface area contributed by atoms with Crippen LogP contribution in [0.2, 0.25) is 0 Å². The second-order valence-electron chi connectivity index (χ2n) is 3.66. The molecule has 1 aromatic heterocycles. The summed E-state index contributed by atoms with van der Waals surface area (Å²) in [6, 6.07) is 8.18. The van der Waals surface area contributed by atoms with Crippen molar-refractivity contribution in [2.75, 3.05) is 6.54 Å². The number of aromatic nitrogens is 2. The van der Waals surface area contributed by atoms with Crippen molar-refractivity contribution in [3.8, 4) is 0 Å². The fraction of sp³-hybridized carbons (Fsp3) is 0.364. The van der Waals surface area contributed by atoms with Gasteiger partial charge in [0.15, 0.2) is 0 Å². The number of rotatable bonds is 2. The molecule has 0 fully saturated rings. The number of benzene rings is 1. The molecule has 2 N–H and O–H groups in total. The fourth-order valence-electron chi connectivity index (χ4n) is 1.86. The maximum absolute atomic E-state index is 5.68. The predicted molar refractivity (Wildman–Crippen MR) is 58.2 cm³/mol. The fourth-order valence-corrected chi connectivity index (χ4v) is 1.86. The Morgan fingerprint density at radius 2 is 2.14 bits per heavy atom. The molecule has 3 nitrogen and oxygen atoms in total. The van der Waals surface area contributed by atoms with Gasteiger partial charge in [-0.05, 0) is 6.07 Å². The van der Waals surface area contributed by atoms with E-state index >= 15 is 0 Å². The van der Waals surface area contributed by atoms with Gasteiger partial charge in [-0.2, -0.15) is 5.10 Å². The third kappa shape index (κ3) is 1.30. The molecule has 0 spiro atoms. The molecular formula is C11H15N3. The third-order valence-corrected chi connectivity index (χ3v) is 2.61. The molecule has 0 aliphatic heterocycles. The second-order valence-corrected chi connectivity index (χ2v) is 3.66. The number of nitrogens with two attached hydrogens (primary N) is 1. The zero-order chi connectivity index (χ0) is 10.1. The molecule has 0 aliphatic rings. The van der Waals surface area contributed by atoms with Crippen molar-refractivity contribution in [1.82, 2.24) is 9.78 Å². The Balaban J connectivity index is 2.67. The van der Waals surface area contributed by atoms with Gasteiger partial charge in [0.25, 0.3) is 0 Å². The molecule has 74 valence electrons. The van der Waals surface area contributed by atoms with Gasteiger partial charge in [-0.1, -0.05) is 25.1 Å². The summed E-state index contributed by atoms with van der Waals surface area (Å²) < 4.78 is 1.93. The molecule has 1 heterocycles. The lowest BCUT2D eigenvalue weighted by Crippen LogP contribution is -2.12. The van der Waals surface area contributed by atoms with Crippen LogP contribution >= 0.6 is 0 Å². The SMILES string of the molecule is CC(CN)c1c2ccccc2nn1C. The molecule has 2 aromatic rings. The van der Waals surface area contributed by atoms with E-state index in [2.05, 4.69) is 18.1 Å². The number of hydrogen-bond donors (Lipinski definition) is 1. The first kappa shape index (κ1) is 9.21. The zero-order valence-corrected chi connectivity index (χ0v) is 8.57. The van der Waals surface area contributed by atoms with Crippen LogP contribution in [0.25, 0.3) is 10.9 Å². The highest BCUT2D eigenvalue weighted by Gasteiger charge is 2.13. The molecule has 1 aromatic carbocycles. The average Bonchev–Trinajstić information content (AvgIpc) is 2.53. The quantitative estimate of drug-likeness (QED) is 0.780. The third-order valence-electron chi connectivity index (χ3n) is 2.61. The van der Waals surface area contributed by atoms with Crippen molar-refractivity contribution in [2.24, 2.45) is 12.8 Å². The number of fused-ring (bicyclic) bond motifs is 1. The van der Waals surface area contributed by atoms with Crippen LogP contribution in [0.1, 0.15) is 18.5 Å². The van der Waals surface area contributed by atoms with Crippen LogP contribution in [0.3, 0.4) is 0 Å². The summed E-state index contributed by atoms with van der Waals surface area (Å²) >= 11 is 0. The van der Waals surface area contributed by atoms with Crippen molar-refractivity contribution in [1.29, 1.82) is 0 Å². The summed E-state index contributed by atoms with van der Waals surface area (Å²) in [5, 5.41) is 5.66. The highest BCUT2D eigenvalue weighted by Crippen LogP contribution is 2.23. The van der Waals surface area contributed by atoms with E-state index in [0.717, 1.165) is 5.52 Å². The van der Waals surface area contributed by atoms with Crippen LogP contribution in [-0.4, -0.2) is 16.3 Å². The topological polar surface area (TPSA) is 43.8 Å². The van der Waals surface area contributed by atoms with E-state index in [4.69, 9.17) is 5.73 Å². The molecule has 3 heteroatoms. The van der Waals surface area contributed by atoms with Gasteiger partial charge < -0.3 is 5.73 Å². The molecule has 0 aliphatic carbocycles. The van der Waals surface area contributed by atoms with E-state index in [1.807, 2.05) is 29.9 Å². The molecule has 1 atom stereocenters. The van der Waals surface area contributed by atoms with Crippen LogP contribution in [0, 0.1) is 0 Å². The second kappa shape index (κ2) is 3.42. The summed E-state index contributed by atoms with van der Waals surface area (Å²) in [7, 11) is 1.97. The standard InChI is InChI=1S/C11H15N3/c1-8(7-12)11-9-5-3-4-6-10(9)13-14(11)2/h3-6,8H,7,12H2,1-2H3. The van der Waals surface area contributed by atoms with Gasteiger partial charge in [0.2, 0.25) is 0 Å². The minimum atomic E-state index is 0.354. The van der Waals surface area contributed by atoms with Gasteiger partial charge in [0, 0.05) is 30.6 Å². The van der Waals surface area contributed by atoms with Gasteiger partial charge in [0.1, 0.15) is 0 Å². The minimum Gasteiger partial charge on any atom is -0.330 e. The van der Waals surface area contributed by atoms with E-state index < -0.39 is 0 Å². The zero-order valence-electron chi connectivity index (χ0n) is 8.57. The van der Waals surface area contributed by atoms with Crippen LogP contribution in [0.4, 0.5) is 0 Å². The van der Waals surface area contributed by atoms with E-state index in [9.17, 15) is 0 Å². The molecule has 0 bridgehead atoms. The van der Waals surface area contributed by atoms with Gasteiger partial charge in [-0.3, -0.25) is 4.68 Å². The summed E-state index contributed by atoms with van der Waals surface area (Å²) in [6.07, 6.45) is 0. The van der Waals surface area contributed by atoms with Crippen LogP contribution in [0.15, 0.2) is 24.3 Å². The lowest BCUT2D eigenvalue weighted by atomic mass is 10.0. The van der Waals surface area contributed by atoms with Crippen molar-refractivity contribution in [3.05, 3.63) is 30.0 Å². The van der Waals surface area contributed by atoms with Crippen LogP contribution in [-0.2, 0) is 7.05 Å². The lowest BCUT2D eigenvalue weighted by molar-refractivity contribution is 0.650. The maximum Gasteiger partial charge on any atom is 0.0926 e. The van der Waals surface area contributed by atoms with Crippen LogP contribution in [0.5, 0.6) is 0 Å². The van der Waals surface area contributed by atoms with Gasteiger partial charge in [-0.25, -0.2) is 0 Å². The number of hydrogen-bond acceptors (Lipinski definition) is 2. The Kier molecular flexibility index (Phi) is 2.25. The molecule has 0 amide bonds. The summed E-state index contributed by atoms with van der Waals surface area (Å²) in [6.45, 7) is 2.78. The summed E-state index contributed by atoms with van der Waals surface area (Å²) in [5.74, 6) is 0.354. The van der Waals surface area contributed by atoms with E-state index in [0.29, 0.717) is 12.5 Å². The van der Waals surface area contributed by atoms with Gasteiger partial charge in [-0.15, -0.1) is 0 Å². The van der Waals surface area contributed by atoms with Crippen molar-refractivity contribution in [3.63, 3.8) is 0 Å². The average molecular weight is 189 g/mol. The molecular weight excluding hydrogens is 174 g/mol. The minimum absolute atomic E-state index is 0.354. The molecule has 14 heavy (non-hydrogen) atoms. The number of aryl methyl sites for hydroxylation is 1. The Labute approximate surface area is 83.5 Å². The highest BCUT2D eigenvalue weighted by molar-refractivity contribution is 5.81. The Morgan fingerprint density at radius 1 is 1.43 bits per heavy atom. The van der Waals surface area contributed by atoms with Crippen LogP contribution < -0.4 is 5.73 Å². The first-order valence-electron chi connectivity index (χ1n) is 4.85. The number of nitrogens with zero attached hydrogens (tertiary/aromatic N) is 2. The first-order valence-corrected chi connectivity index (χ1v) is 4.85. The molecule has 0 radical (unpaired) electrons. The summed E-state index contributed by atoms with van der Waals surface area (Å²) in [5.41, 5.74) is 7.95. The van der Waals surface area contributed by atoms with Gasteiger partial charge >= 0.3 is 0 Å². The van der Waals surface area contributed by atoms with Crippen molar-refractivity contribution >= 4 is 10.9 Å². The lowest BCUT2D eigenvalue weighted by Gasteiger charge is -2.09. The Morgan fingerprint density at radius 3 is 2.86 bits per heavy atom. The molecule has 0 saturated heterocycles. The smallest absolute Gasteiger partial charge is 0.0926 e. The largest absolute Gasteiger partial charge is 0.330 e. The monoisotopic (exact) mass is 189 g/mol. The Hall–Kier alpha value is -1.35. The van der Waals surface area contributed by atoms with E-state index in [-0.39, 0.29) is 0 Å². The van der Waals surface area contributed by atoms with E-state index in [1.54, 1.807) is 0 Å². The van der Waals surface area contributed by atoms with Crippen molar-refractivity contribution in [2.45, 2.75) is 12.8 Å². The van der Waals surface area contributed by atoms with Gasteiger partial charge in [0.05, 0.1) is 5.52 Å².